The number of carbonyl (C=O) groups excluding carboxylic acids is 1. The third kappa shape index (κ3) is 3.23. The summed E-state index contributed by atoms with van der Waals surface area (Å²) in [5.74, 6) is 0.843. The maximum Gasteiger partial charge on any atom is 0.284 e. The van der Waals surface area contributed by atoms with E-state index in [0.717, 1.165) is 4.88 Å². The zero-order valence-electron chi connectivity index (χ0n) is 11.7. The van der Waals surface area contributed by atoms with Gasteiger partial charge in [-0.05, 0) is 31.2 Å². The van der Waals surface area contributed by atoms with E-state index in [-0.39, 0.29) is 12.5 Å². The summed E-state index contributed by atoms with van der Waals surface area (Å²) in [6, 6.07) is 10.9. The number of nitrogens with one attached hydrogen (secondary N) is 1. The first-order chi connectivity index (χ1) is 10.6. The number of amides is 1. The Kier molecular flexibility index (Phi) is 4.31. The molecule has 1 aliphatic heterocycles. The number of hydrogen-bond donors (Lipinski definition) is 1. The molecule has 0 radical (unpaired) electrons. The first kappa shape index (κ1) is 14.9. The van der Waals surface area contributed by atoms with E-state index in [4.69, 9.17) is 21.1 Å². The molecule has 1 atom stereocenters. The Morgan fingerprint density at radius 2 is 2.09 bits per heavy atom. The molecular formula is C15H13ClN2O3S. The molecule has 1 amide bonds. The molecule has 1 aliphatic rings. The van der Waals surface area contributed by atoms with E-state index in [2.05, 4.69) is 10.5 Å². The normalized spacial score (nSPS) is 17.2. The molecule has 1 aromatic heterocycles. The van der Waals surface area contributed by atoms with E-state index in [1.165, 1.54) is 11.3 Å². The Labute approximate surface area is 136 Å². The highest BCUT2D eigenvalue weighted by Gasteiger charge is 2.27. The van der Waals surface area contributed by atoms with Gasteiger partial charge in [-0.1, -0.05) is 23.7 Å². The molecule has 0 fully saturated rings. The smallest absolute Gasteiger partial charge is 0.284 e. The largest absolute Gasteiger partial charge is 0.485 e. The minimum atomic E-state index is -0.724. The lowest BCUT2D eigenvalue weighted by Gasteiger charge is -2.24. The molecule has 7 heteroatoms. The van der Waals surface area contributed by atoms with Crippen LogP contribution in [0.25, 0.3) is 0 Å². The van der Waals surface area contributed by atoms with Crippen LogP contribution in [0.4, 0.5) is 0 Å². The van der Waals surface area contributed by atoms with Gasteiger partial charge in [0.25, 0.3) is 5.91 Å². The zero-order chi connectivity index (χ0) is 15.5. The molecule has 0 saturated carbocycles. The fourth-order valence-electron chi connectivity index (χ4n) is 1.92. The molecule has 0 aliphatic carbocycles. The molecule has 2 heterocycles. The van der Waals surface area contributed by atoms with Gasteiger partial charge in [0, 0.05) is 0 Å². The quantitative estimate of drug-likeness (QED) is 0.692. The van der Waals surface area contributed by atoms with E-state index in [1.54, 1.807) is 25.1 Å². The van der Waals surface area contributed by atoms with E-state index >= 15 is 0 Å². The Morgan fingerprint density at radius 1 is 1.32 bits per heavy atom. The van der Waals surface area contributed by atoms with Gasteiger partial charge in [0.1, 0.15) is 6.61 Å². The van der Waals surface area contributed by atoms with Crippen molar-refractivity contribution in [1.29, 1.82) is 0 Å². The monoisotopic (exact) mass is 336 g/mol. The topological polar surface area (TPSA) is 59.9 Å². The average Bonchev–Trinajstić information content (AvgIpc) is 2.98. The highest BCUT2D eigenvalue weighted by atomic mass is 35.5. The van der Waals surface area contributed by atoms with Crippen LogP contribution >= 0.6 is 22.9 Å². The Hall–Kier alpha value is -2.05. The van der Waals surface area contributed by atoms with Crippen molar-refractivity contribution in [3.63, 3.8) is 0 Å². The first-order valence-corrected chi connectivity index (χ1v) is 7.81. The highest BCUT2D eigenvalue weighted by molar-refractivity contribution is 7.18. The van der Waals surface area contributed by atoms with Crippen LogP contribution in [0, 0.1) is 0 Å². The SMILES string of the molecule is C/C(=N/NC(=O)[C@@H]1COc2ccccc2O1)c1ccc(Cl)s1. The Bertz CT molecular complexity index is 729. The molecule has 5 nitrogen and oxygen atoms in total. The lowest BCUT2D eigenvalue weighted by molar-refractivity contribution is -0.130. The number of fused-ring (bicyclic) bond motifs is 1. The van der Waals surface area contributed by atoms with Crippen LogP contribution in [0.15, 0.2) is 41.5 Å². The van der Waals surface area contributed by atoms with Crippen LogP contribution in [-0.4, -0.2) is 24.3 Å². The molecule has 2 aromatic rings. The summed E-state index contributed by atoms with van der Waals surface area (Å²) in [6.07, 6.45) is -0.724. The van der Waals surface area contributed by atoms with E-state index in [0.29, 0.717) is 21.5 Å². The number of para-hydroxylation sites is 2. The van der Waals surface area contributed by atoms with Crippen LogP contribution in [0.2, 0.25) is 4.34 Å². The first-order valence-electron chi connectivity index (χ1n) is 6.62. The summed E-state index contributed by atoms with van der Waals surface area (Å²) in [5, 5.41) is 4.07. The van der Waals surface area contributed by atoms with Crippen molar-refractivity contribution in [3.8, 4) is 11.5 Å². The summed E-state index contributed by atoms with van der Waals surface area (Å²) in [4.78, 5) is 13.0. The van der Waals surface area contributed by atoms with E-state index in [1.807, 2.05) is 18.2 Å². The number of hydrogen-bond acceptors (Lipinski definition) is 5. The summed E-state index contributed by atoms with van der Waals surface area (Å²) < 4.78 is 11.8. The molecule has 0 unspecified atom stereocenters. The van der Waals surface area contributed by atoms with Crippen LogP contribution in [0.3, 0.4) is 0 Å². The van der Waals surface area contributed by atoms with Gasteiger partial charge in [0.2, 0.25) is 6.10 Å². The molecule has 0 bridgehead atoms. The molecular weight excluding hydrogens is 324 g/mol. The number of thiophene rings is 1. The fraction of sp³-hybridized carbons (Fsp3) is 0.200. The van der Waals surface area contributed by atoms with Crippen LogP contribution in [0.5, 0.6) is 11.5 Å². The summed E-state index contributed by atoms with van der Waals surface area (Å²) in [7, 11) is 0. The minimum absolute atomic E-state index is 0.155. The van der Waals surface area contributed by atoms with E-state index < -0.39 is 6.10 Å². The summed E-state index contributed by atoms with van der Waals surface area (Å²) in [5.41, 5.74) is 3.18. The van der Waals surface area contributed by atoms with Crippen LogP contribution in [-0.2, 0) is 4.79 Å². The van der Waals surface area contributed by atoms with Gasteiger partial charge in [-0.15, -0.1) is 11.3 Å². The third-order valence-electron chi connectivity index (χ3n) is 3.06. The van der Waals surface area contributed by atoms with Crippen molar-refractivity contribution in [2.24, 2.45) is 5.10 Å². The Morgan fingerprint density at radius 3 is 2.82 bits per heavy atom. The van der Waals surface area contributed by atoms with Crippen molar-refractivity contribution in [3.05, 3.63) is 45.6 Å². The number of nitrogens with zero attached hydrogens (tertiary/aromatic N) is 1. The van der Waals surface area contributed by atoms with Gasteiger partial charge < -0.3 is 9.47 Å². The molecule has 114 valence electrons. The summed E-state index contributed by atoms with van der Waals surface area (Å²) >= 11 is 7.28. The van der Waals surface area contributed by atoms with Gasteiger partial charge in [0.15, 0.2) is 11.5 Å². The van der Waals surface area contributed by atoms with Gasteiger partial charge in [-0.2, -0.15) is 5.10 Å². The van der Waals surface area contributed by atoms with Crippen LogP contribution in [0.1, 0.15) is 11.8 Å². The number of hydrazone groups is 1. The van der Waals surface area contributed by atoms with Gasteiger partial charge in [-0.3, -0.25) is 4.79 Å². The summed E-state index contributed by atoms with van der Waals surface area (Å²) in [6.45, 7) is 1.96. The minimum Gasteiger partial charge on any atom is -0.485 e. The van der Waals surface area contributed by atoms with Crippen LogP contribution < -0.4 is 14.9 Å². The zero-order valence-corrected chi connectivity index (χ0v) is 13.3. The number of rotatable bonds is 3. The molecule has 1 aromatic carbocycles. The maximum atomic E-state index is 12.1. The molecule has 0 saturated heterocycles. The maximum absolute atomic E-state index is 12.1. The molecule has 1 N–H and O–H groups in total. The fourth-order valence-corrected chi connectivity index (χ4v) is 2.91. The Balaban J connectivity index is 1.63. The van der Waals surface area contributed by atoms with Gasteiger partial charge in [0.05, 0.1) is 14.9 Å². The second-order valence-corrected chi connectivity index (χ2v) is 6.36. The van der Waals surface area contributed by atoms with Crippen molar-refractivity contribution in [2.75, 3.05) is 6.61 Å². The number of benzene rings is 1. The third-order valence-corrected chi connectivity index (χ3v) is 4.40. The number of ether oxygens (including phenoxy) is 2. The van der Waals surface area contributed by atoms with Crippen molar-refractivity contribution >= 4 is 34.6 Å². The van der Waals surface area contributed by atoms with Gasteiger partial charge in [-0.25, -0.2) is 5.43 Å². The van der Waals surface area contributed by atoms with Crippen molar-refractivity contribution in [1.82, 2.24) is 5.43 Å². The van der Waals surface area contributed by atoms with Crippen molar-refractivity contribution in [2.45, 2.75) is 13.0 Å². The average molecular weight is 337 g/mol. The van der Waals surface area contributed by atoms with Crippen molar-refractivity contribution < 1.29 is 14.3 Å². The molecule has 3 rings (SSSR count). The molecule has 0 spiro atoms. The lowest BCUT2D eigenvalue weighted by atomic mass is 10.2. The predicted octanol–water partition coefficient (Wildman–Crippen LogP) is 3.08. The predicted molar refractivity (Wildman–Crippen MR) is 86.0 cm³/mol. The second-order valence-electron chi connectivity index (χ2n) is 4.64. The lowest BCUT2D eigenvalue weighted by Crippen LogP contribution is -2.42. The number of halogens is 1. The molecule has 22 heavy (non-hydrogen) atoms. The highest BCUT2D eigenvalue weighted by Crippen LogP contribution is 2.30. The number of carbonyl (C=O) groups is 1. The van der Waals surface area contributed by atoms with E-state index in [9.17, 15) is 4.79 Å². The standard InChI is InChI=1S/C15H13ClN2O3S/c1-9(13-6-7-14(16)22-13)17-18-15(19)12-8-20-10-4-2-3-5-11(10)21-12/h2-7,12H,8H2,1H3,(H,18,19)/b17-9-/t12-/m0/s1. The van der Waals surface area contributed by atoms with Gasteiger partial charge >= 0.3 is 0 Å². The second kappa shape index (κ2) is 6.37.